The summed E-state index contributed by atoms with van der Waals surface area (Å²) in [6, 6.07) is 11.2. The molecule has 1 saturated heterocycles. The molecule has 150 valence electrons. The van der Waals surface area contributed by atoms with Crippen molar-refractivity contribution in [2.75, 3.05) is 13.1 Å². The van der Waals surface area contributed by atoms with Gasteiger partial charge in [0, 0.05) is 15.5 Å². The molecule has 1 aliphatic rings. The Morgan fingerprint density at radius 2 is 1.82 bits per heavy atom. The monoisotopic (exact) mass is 510 g/mol. The highest BCUT2D eigenvalue weighted by molar-refractivity contribution is 9.11. The molecule has 0 radical (unpaired) electrons. The number of benzene rings is 2. The molecule has 1 atom stereocenters. The van der Waals surface area contributed by atoms with Crippen LogP contribution in [0.3, 0.4) is 0 Å². The number of carbonyl (C=O) groups is 1. The lowest BCUT2D eigenvalue weighted by Gasteiger charge is -2.35. The Morgan fingerprint density at radius 3 is 2.43 bits per heavy atom. The molecule has 0 spiro atoms. The predicted molar refractivity (Wildman–Crippen MR) is 118 cm³/mol. The summed E-state index contributed by atoms with van der Waals surface area (Å²) in [5.74, 6) is 0.334. The number of hydrogen-bond acceptors (Lipinski definition) is 2. The van der Waals surface area contributed by atoms with Crippen molar-refractivity contribution in [1.82, 2.24) is 10.2 Å². The maximum atomic E-state index is 13.5. The van der Waals surface area contributed by atoms with E-state index in [-0.39, 0.29) is 17.8 Å². The maximum Gasteiger partial charge on any atom is 0.237 e. The minimum Gasteiger partial charge on any atom is -0.351 e. The van der Waals surface area contributed by atoms with Gasteiger partial charge in [-0.05, 0) is 86.7 Å². The first-order valence-electron chi connectivity index (χ1n) is 9.56. The topological polar surface area (TPSA) is 32.3 Å². The Balaban J connectivity index is 1.51. The van der Waals surface area contributed by atoms with E-state index in [2.05, 4.69) is 42.1 Å². The largest absolute Gasteiger partial charge is 0.351 e. The molecule has 0 saturated carbocycles. The first-order valence-corrected chi connectivity index (χ1v) is 11.1. The Morgan fingerprint density at radius 1 is 1.18 bits per heavy atom. The smallest absolute Gasteiger partial charge is 0.237 e. The summed E-state index contributed by atoms with van der Waals surface area (Å²) >= 11 is 6.95. The van der Waals surface area contributed by atoms with Crippen molar-refractivity contribution in [3.05, 3.63) is 67.9 Å². The van der Waals surface area contributed by atoms with Crippen molar-refractivity contribution in [2.24, 2.45) is 0 Å². The van der Waals surface area contributed by atoms with E-state index >= 15 is 0 Å². The summed E-state index contributed by atoms with van der Waals surface area (Å²) in [5.41, 5.74) is 2.95. The van der Waals surface area contributed by atoms with Gasteiger partial charge in [-0.25, -0.2) is 4.39 Å². The average Bonchev–Trinajstić information content (AvgIpc) is 2.67. The minimum atomic E-state index is -0.161. The molecule has 2 aromatic rings. The number of nitrogens with one attached hydrogen (secondary N) is 1. The first-order chi connectivity index (χ1) is 13.3. The van der Waals surface area contributed by atoms with E-state index in [9.17, 15) is 9.18 Å². The molecule has 28 heavy (non-hydrogen) atoms. The molecule has 3 nitrogen and oxygen atoms in total. The summed E-state index contributed by atoms with van der Waals surface area (Å²) in [7, 11) is 0. The van der Waals surface area contributed by atoms with E-state index in [1.807, 2.05) is 44.2 Å². The molecule has 1 N–H and O–H groups in total. The molecule has 0 aliphatic carbocycles. The van der Waals surface area contributed by atoms with Crippen LogP contribution in [0.4, 0.5) is 4.39 Å². The average molecular weight is 512 g/mol. The summed E-state index contributed by atoms with van der Waals surface area (Å²) < 4.78 is 15.5. The molecule has 1 heterocycles. The lowest BCUT2D eigenvalue weighted by molar-refractivity contribution is -0.126. The Bertz CT molecular complexity index is 830. The van der Waals surface area contributed by atoms with Crippen LogP contribution < -0.4 is 5.32 Å². The first kappa shape index (κ1) is 21.5. The third-order valence-corrected chi connectivity index (χ3v) is 6.41. The second kappa shape index (κ2) is 9.51. The number of rotatable bonds is 5. The van der Waals surface area contributed by atoms with Crippen LogP contribution in [0.15, 0.2) is 45.3 Å². The zero-order chi connectivity index (χ0) is 20.3. The summed E-state index contributed by atoms with van der Waals surface area (Å²) in [6.45, 7) is 6.03. The summed E-state index contributed by atoms with van der Waals surface area (Å²) in [6.07, 6.45) is 1.97. The van der Waals surface area contributed by atoms with Gasteiger partial charge in [0.2, 0.25) is 5.91 Å². The van der Waals surface area contributed by atoms with Gasteiger partial charge in [0.15, 0.2) is 0 Å². The zero-order valence-electron chi connectivity index (χ0n) is 16.1. The molecule has 2 aromatic carbocycles. The lowest BCUT2D eigenvalue weighted by Crippen LogP contribution is -2.47. The predicted octanol–water partition coefficient (Wildman–Crippen LogP) is 5.54. The van der Waals surface area contributed by atoms with Crippen LogP contribution in [-0.4, -0.2) is 29.9 Å². The Kier molecular flexibility index (Phi) is 7.29. The van der Waals surface area contributed by atoms with E-state index in [0.717, 1.165) is 40.4 Å². The van der Waals surface area contributed by atoms with Gasteiger partial charge in [0.05, 0.1) is 6.04 Å². The summed E-state index contributed by atoms with van der Waals surface area (Å²) in [4.78, 5) is 14.8. The van der Waals surface area contributed by atoms with E-state index in [1.165, 1.54) is 5.56 Å². The second-order valence-electron chi connectivity index (χ2n) is 7.49. The van der Waals surface area contributed by atoms with Crippen LogP contribution in [0.25, 0.3) is 0 Å². The third kappa shape index (κ3) is 5.43. The molecular weight excluding hydrogens is 487 g/mol. The number of amides is 1. The number of aryl methyl sites for hydroxylation is 1. The van der Waals surface area contributed by atoms with Crippen LogP contribution >= 0.6 is 31.9 Å². The molecule has 6 heteroatoms. The SMILES string of the molecule is Cc1cc(C2CCN(C(C)C(=O)NCc3cc(Br)cc(Br)c3)CC2)ccc1F. The number of piperidine rings is 1. The fraction of sp³-hybridized carbons (Fsp3) is 0.409. The van der Waals surface area contributed by atoms with E-state index in [0.29, 0.717) is 18.0 Å². The van der Waals surface area contributed by atoms with Crippen LogP contribution in [-0.2, 0) is 11.3 Å². The van der Waals surface area contributed by atoms with Crippen LogP contribution in [0.1, 0.15) is 42.4 Å². The van der Waals surface area contributed by atoms with Crippen molar-refractivity contribution < 1.29 is 9.18 Å². The molecule has 3 rings (SSSR count). The van der Waals surface area contributed by atoms with Gasteiger partial charge >= 0.3 is 0 Å². The van der Waals surface area contributed by atoms with Crippen LogP contribution in [0.2, 0.25) is 0 Å². The van der Waals surface area contributed by atoms with E-state index < -0.39 is 0 Å². The number of halogens is 3. The van der Waals surface area contributed by atoms with Crippen molar-refractivity contribution in [2.45, 2.75) is 45.2 Å². The van der Waals surface area contributed by atoms with Gasteiger partial charge in [-0.15, -0.1) is 0 Å². The molecule has 1 aliphatic heterocycles. The quantitative estimate of drug-likeness (QED) is 0.571. The second-order valence-corrected chi connectivity index (χ2v) is 9.32. The van der Waals surface area contributed by atoms with Crippen LogP contribution in [0.5, 0.6) is 0 Å². The van der Waals surface area contributed by atoms with Gasteiger partial charge < -0.3 is 5.32 Å². The molecule has 1 fully saturated rings. The number of carbonyl (C=O) groups excluding carboxylic acids is 1. The molecule has 1 unspecified atom stereocenters. The van der Waals surface area contributed by atoms with Crippen molar-refractivity contribution in [3.8, 4) is 0 Å². The van der Waals surface area contributed by atoms with E-state index in [1.54, 1.807) is 6.07 Å². The van der Waals surface area contributed by atoms with Gasteiger partial charge in [-0.3, -0.25) is 9.69 Å². The lowest BCUT2D eigenvalue weighted by atomic mass is 9.88. The highest BCUT2D eigenvalue weighted by atomic mass is 79.9. The van der Waals surface area contributed by atoms with Crippen LogP contribution in [0, 0.1) is 12.7 Å². The fourth-order valence-electron chi connectivity index (χ4n) is 3.76. The molecule has 0 aromatic heterocycles. The highest BCUT2D eigenvalue weighted by Crippen LogP contribution is 2.30. The number of nitrogens with zero attached hydrogens (tertiary/aromatic N) is 1. The minimum absolute atomic E-state index is 0.0483. The Labute approximate surface area is 183 Å². The third-order valence-electron chi connectivity index (χ3n) is 5.50. The van der Waals surface area contributed by atoms with Crippen molar-refractivity contribution in [1.29, 1.82) is 0 Å². The van der Waals surface area contributed by atoms with E-state index in [4.69, 9.17) is 0 Å². The molecule has 1 amide bonds. The standard InChI is InChI=1S/C22H25Br2FN2O/c1-14-9-18(3-4-21(14)25)17-5-7-27(8-6-17)15(2)22(28)26-13-16-10-19(23)12-20(24)11-16/h3-4,9-12,15,17H,5-8,13H2,1-2H3,(H,26,28). The van der Waals surface area contributed by atoms with Gasteiger partial charge in [-0.2, -0.15) is 0 Å². The van der Waals surface area contributed by atoms with Gasteiger partial charge in [-0.1, -0.05) is 44.0 Å². The fourth-order valence-corrected chi connectivity index (χ4v) is 5.15. The number of hydrogen-bond donors (Lipinski definition) is 1. The van der Waals surface area contributed by atoms with Gasteiger partial charge in [0.1, 0.15) is 5.82 Å². The normalized spacial score (nSPS) is 16.8. The van der Waals surface area contributed by atoms with Gasteiger partial charge in [0.25, 0.3) is 0 Å². The number of likely N-dealkylation sites (tertiary alicyclic amines) is 1. The van der Waals surface area contributed by atoms with Crippen molar-refractivity contribution >= 4 is 37.8 Å². The zero-order valence-corrected chi connectivity index (χ0v) is 19.3. The maximum absolute atomic E-state index is 13.5. The summed E-state index contributed by atoms with van der Waals surface area (Å²) in [5, 5.41) is 3.04. The highest BCUT2D eigenvalue weighted by Gasteiger charge is 2.27. The molecule has 0 bridgehead atoms. The van der Waals surface area contributed by atoms with Crippen molar-refractivity contribution in [3.63, 3.8) is 0 Å². The Hall–Kier alpha value is -1.24. The molecular formula is C22H25Br2FN2O.